The Bertz CT molecular complexity index is 1140. The van der Waals surface area contributed by atoms with Crippen molar-refractivity contribution in [1.29, 1.82) is 0 Å². The molecule has 1 unspecified atom stereocenters. The van der Waals surface area contributed by atoms with Crippen LogP contribution >= 0.6 is 0 Å². The van der Waals surface area contributed by atoms with Gasteiger partial charge in [-0.3, -0.25) is 14.4 Å². The van der Waals surface area contributed by atoms with Crippen LogP contribution < -0.4 is 5.32 Å². The van der Waals surface area contributed by atoms with E-state index < -0.39 is 67.1 Å². The van der Waals surface area contributed by atoms with Crippen molar-refractivity contribution < 1.29 is 54.1 Å². The lowest BCUT2D eigenvalue weighted by molar-refractivity contribution is -0.302. The normalized spacial score (nSPS) is 23.5. The highest BCUT2D eigenvalue weighted by Crippen LogP contribution is 2.23. The van der Waals surface area contributed by atoms with Gasteiger partial charge in [0.25, 0.3) is 0 Å². The minimum atomic E-state index is -1.58. The number of hydrogen-bond acceptors (Lipinski definition) is 10. The SMILES string of the molecule is C[C@H](C[C@@H](Cc1ccc(-c2ccccc2)cc1)NC(=O)CCC(=O)O)C(=O)OCCO[C@@H]1O[C@H](CO)C(O)[C@H](O)[C@H]1O. The molecule has 12 nitrogen and oxygen atoms in total. The Kier molecular flexibility index (Phi) is 12.9. The average Bonchev–Trinajstić information content (AvgIpc) is 2.98. The summed E-state index contributed by atoms with van der Waals surface area (Å²) in [6, 6.07) is 17.2. The van der Waals surface area contributed by atoms with Crippen molar-refractivity contribution in [3.05, 3.63) is 60.2 Å². The predicted molar refractivity (Wildman–Crippen MR) is 149 cm³/mol. The van der Waals surface area contributed by atoms with Crippen LogP contribution in [-0.4, -0.2) is 99.9 Å². The summed E-state index contributed by atoms with van der Waals surface area (Å²) in [4.78, 5) is 36.0. The van der Waals surface area contributed by atoms with Crippen LogP contribution in [0.15, 0.2) is 54.6 Å². The number of aliphatic hydroxyl groups excluding tert-OH is 4. The van der Waals surface area contributed by atoms with E-state index in [2.05, 4.69) is 5.32 Å². The zero-order valence-corrected chi connectivity index (χ0v) is 23.4. The molecule has 2 aromatic rings. The molecule has 1 heterocycles. The Balaban J connectivity index is 1.54. The molecule has 42 heavy (non-hydrogen) atoms. The lowest BCUT2D eigenvalue weighted by Crippen LogP contribution is -2.59. The van der Waals surface area contributed by atoms with Gasteiger partial charge < -0.3 is 45.1 Å². The number of aliphatic hydroxyl groups is 4. The molecule has 1 fully saturated rings. The molecule has 1 amide bonds. The van der Waals surface area contributed by atoms with E-state index in [9.17, 15) is 34.8 Å². The molecule has 230 valence electrons. The van der Waals surface area contributed by atoms with Gasteiger partial charge in [0.15, 0.2) is 6.29 Å². The molecule has 3 rings (SSSR count). The van der Waals surface area contributed by atoms with Gasteiger partial charge in [0.1, 0.15) is 31.0 Å². The standard InChI is InChI=1S/C30H39NO11/c1-18(29(39)40-13-14-41-30-28(38)27(37)26(36)23(17-32)42-30)15-22(31-24(33)11-12-25(34)35)16-19-7-9-21(10-8-19)20-5-3-2-4-6-20/h2-10,18,22-23,26-28,30,32,36-38H,11-17H2,1H3,(H,31,33)(H,34,35)/t18-,22+,23-,26?,27+,28-,30-/m1/s1. The summed E-state index contributed by atoms with van der Waals surface area (Å²) in [5.74, 6) is -2.71. The van der Waals surface area contributed by atoms with Crippen LogP contribution in [0.1, 0.15) is 31.7 Å². The maximum absolute atomic E-state index is 12.7. The van der Waals surface area contributed by atoms with Crippen LogP contribution in [0.2, 0.25) is 0 Å². The second-order valence-corrected chi connectivity index (χ2v) is 10.3. The summed E-state index contributed by atoms with van der Waals surface area (Å²) >= 11 is 0. The number of carboxylic acid groups (broad SMARTS) is 1. The number of carboxylic acids is 1. The number of rotatable bonds is 15. The van der Waals surface area contributed by atoms with E-state index in [1.165, 1.54) is 0 Å². The molecular weight excluding hydrogens is 550 g/mol. The molecule has 0 spiro atoms. The zero-order chi connectivity index (χ0) is 30.6. The van der Waals surface area contributed by atoms with Gasteiger partial charge in [0.05, 0.1) is 25.6 Å². The Labute approximate surface area is 243 Å². The van der Waals surface area contributed by atoms with E-state index >= 15 is 0 Å². The highest BCUT2D eigenvalue weighted by atomic mass is 16.7. The number of esters is 1. The fourth-order valence-corrected chi connectivity index (χ4v) is 4.64. The van der Waals surface area contributed by atoms with E-state index in [1.54, 1.807) is 6.92 Å². The summed E-state index contributed by atoms with van der Waals surface area (Å²) in [6.07, 6.45) is -6.97. The fourth-order valence-electron chi connectivity index (χ4n) is 4.64. The third-order valence-electron chi connectivity index (χ3n) is 6.97. The Morgan fingerprint density at radius 2 is 1.57 bits per heavy atom. The quantitative estimate of drug-likeness (QED) is 0.126. The molecular formula is C30H39NO11. The minimum absolute atomic E-state index is 0.188. The third kappa shape index (κ3) is 9.86. The van der Waals surface area contributed by atoms with E-state index in [0.717, 1.165) is 16.7 Å². The van der Waals surface area contributed by atoms with Crippen LogP contribution in [-0.2, 0) is 35.0 Å². The molecule has 7 atom stereocenters. The number of amides is 1. The molecule has 0 bridgehead atoms. The third-order valence-corrected chi connectivity index (χ3v) is 6.97. The van der Waals surface area contributed by atoms with Gasteiger partial charge in [-0.1, -0.05) is 61.5 Å². The van der Waals surface area contributed by atoms with Crippen LogP contribution in [0.4, 0.5) is 0 Å². The second-order valence-electron chi connectivity index (χ2n) is 10.3. The van der Waals surface area contributed by atoms with Gasteiger partial charge in [-0.25, -0.2) is 0 Å². The van der Waals surface area contributed by atoms with Crippen LogP contribution in [0, 0.1) is 5.92 Å². The van der Waals surface area contributed by atoms with Gasteiger partial charge in [0.2, 0.25) is 5.91 Å². The molecule has 6 N–H and O–H groups in total. The Hall–Kier alpha value is -3.39. The number of benzene rings is 2. The van der Waals surface area contributed by atoms with Crippen molar-refractivity contribution in [3.8, 4) is 11.1 Å². The second kappa shape index (κ2) is 16.3. The molecule has 0 aromatic heterocycles. The van der Waals surface area contributed by atoms with Gasteiger partial charge in [-0.2, -0.15) is 0 Å². The maximum Gasteiger partial charge on any atom is 0.308 e. The first-order valence-electron chi connectivity index (χ1n) is 13.8. The Morgan fingerprint density at radius 3 is 2.21 bits per heavy atom. The summed E-state index contributed by atoms with van der Waals surface area (Å²) in [5, 5.41) is 50.7. The highest BCUT2D eigenvalue weighted by Gasteiger charge is 2.44. The first-order valence-corrected chi connectivity index (χ1v) is 13.8. The van der Waals surface area contributed by atoms with E-state index in [1.807, 2.05) is 54.6 Å². The van der Waals surface area contributed by atoms with Crippen molar-refractivity contribution in [2.75, 3.05) is 19.8 Å². The monoisotopic (exact) mass is 589 g/mol. The summed E-state index contributed by atoms with van der Waals surface area (Å²) in [6.45, 7) is 0.664. The Morgan fingerprint density at radius 1 is 0.905 bits per heavy atom. The molecule has 0 aliphatic carbocycles. The van der Waals surface area contributed by atoms with Crippen molar-refractivity contribution in [2.45, 2.75) is 69.4 Å². The number of nitrogens with one attached hydrogen (secondary N) is 1. The van der Waals surface area contributed by atoms with Crippen LogP contribution in [0.25, 0.3) is 11.1 Å². The lowest BCUT2D eigenvalue weighted by Gasteiger charge is -2.39. The highest BCUT2D eigenvalue weighted by molar-refractivity contribution is 5.81. The molecule has 1 aliphatic rings. The van der Waals surface area contributed by atoms with E-state index in [-0.39, 0.29) is 32.5 Å². The number of carbonyl (C=O) groups is 3. The number of aliphatic carboxylic acids is 1. The van der Waals surface area contributed by atoms with Crippen molar-refractivity contribution in [3.63, 3.8) is 0 Å². The molecule has 0 saturated carbocycles. The van der Waals surface area contributed by atoms with Gasteiger partial charge >= 0.3 is 11.9 Å². The fraction of sp³-hybridized carbons (Fsp3) is 0.500. The van der Waals surface area contributed by atoms with Gasteiger partial charge in [0, 0.05) is 12.5 Å². The predicted octanol–water partition coefficient (Wildman–Crippen LogP) is 0.632. The first kappa shape index (κ1) is 33.1. The van der Waals surface area contributed by atoms with E-state index in [4.69, 9.17) is 19.3 Å². The summed E-state index contributed by atoms with van der Waals surface area (Å²) in [7, 11) is 0. The van der Waals surface area contributed by atoms with Gasteiger partial charge in [-0.15, -0.1) is 0 Å². The average molecular weight is 590 g/mol. The molecule has 1 aliphatic heterocycles. The topological polar surface area (TPSA) is 192 Å². The summed E-state index contributed by atoms with van der Waals surface area (Å²) in [5.41, 5.74) is 3.02. The number of ether oxygens (including phenoxy) is 3. The lowest BCUT2D eigenvalue weighted by atomic mass is 9.94. The number of carbonyl (C=O) groups excluding carboxylic acids is 2. The van der Waals surface area contributed by atoms with E-state index in [0.29, 0.717) is 6.42 Å². The molecule has 0 radical (unpaired) electrons. The molecule has 1 saturated heterocycles. The van der Waals surface area contributed by atoms with Crippen molar-refractivity contribution in [1.82, 2.24) is 5.32 Å². The first-order chi connectivity index (χ1) is 20.1. The van der Waals surface area contributed by atoms with Gasteiger partial charge in [-0.05, 0) is 29.5 Å². The number of hydrogen-bond donors (Lipinski definition) is 6. The van der Waals surface area contributed by atoms with Crippen LogP contribution in [0.3, 0.4) is 0 Å². The van der Waals surface area contributed by atoms with Crippen molar-refractivity contribution >= 4 is 17.8 Å². The van der Waals surface area contributed by atoms with Crippen LogP contribution in [0.5, 0.6) is 0 Å². The molecule has 2 aromatic carbocycles. The largest absolute Gasteiger partial charge is 0.481 e. The summed E-state index contributed by atoms with van der Waals surface area (Å²) < 4.78 is 15.9. The van der Waals surface area contributed by atoms with Crippen molar-refractivity contribution in [2.24, 2.45) is 5.92 Å². The zero-order valence-electron chi connectivity index (χ0n) is 23.4. The smallest absolute Gasteiger partial charge is 0.308 e. The molecule has 12 heteroatoms. The minimum Gasteiger partial charge on any atom is -0.481 e. The maximum atomic E-state index is 12.7.